The fourth-order valence-corrected chi connectivity index (χ4v) is 3.82. The zero-order valence-corrected chi connectivity index (χ0v) is 11.7. The molecule has 0 aromatic carbocycles. The third kappa shape index (κ3) is 2.32. The van der Waals surface area contributed by atoms with Crippen LogP contribution >= 0.6 is 0 Å². The standard InChI is InChI=1S/C14H17N3O4/c1-7-4-10(17(20)21)6-15-13(7)16-12-9-3-2-8(5-9)11(12)14(18)19/h4,6,8-9,11-12H,2-3,5H2,1H3,(H,15,16)(H,18,19). The van der Waals surface area contributed by atoms with Gasteiger partial charge in [0, 0.05) is 12.1 Å². The Morgan fingerprint density at radius 2 is 2.19 bits per heavy atom. The van der Waals surface area contributed by atoms with Gasteiger partial charge in [-0.05, 0) is 43.6 Å². The summed E-state index contributed by atoms with van der Waals surface area (Å²) in [4.78, 5) is 25.8. The highest BCUT2D eigenvalue weighted by Gasteiger charge is 2.51. The second-order valence-electron chi connectivity index (χ2n) is 5.98. The molecule has 2 saturated carbocycles. The van der Waals surface area contributed by atoms with Crippen LogP contribution in [0.4, 0.5) is 11.5 Å². The monoisotopic (exact) mass is 291 g/mol. The fraction of sp³-hybridized carbons (Fsp3) is 0.571. The highest BCUT2D eigenvalue weighted by Crippen LogP contribution is 2.49. The maximum atomic E-state index is 11.5. The quantitative estimate of drug-likeness (QED) is 0.650. The van der Waals surface area contributed by atoms with Crippen molar-refractivity contribution in [2.45, 2.75) is 32.2 Å². The second-order valence-corrected chi connectivity index (χ2v) is 5.98. The van der Waals surface area contributed by atoms with Gasteiger partial charge in [-0.25, -0.2) is 4.98 Å². The summed E-state index contributed by atoms with van der Waals surface area (Å²) >= 11 is 0. The van der Waals surface area contributed by atoms with E-state index in [9.17, 15) is 20.0 Å². The molecule has 0 spiro atoms. The van der Waals surface area contributed by atoms with Gasteiger partial charge in [-0.1, -0.05) is 0 Å². The summed E-state index contributed by atoms with van der Waals surface area (Å²) in [5.74, 6) is -0.0142. The van der Waals surface area contributed by atoms with Crippen LogP contribution in [0.15, 0.2) is 12.3 Å². The van der Waals surface area contributed by atoms with E-state index in [0.717, 1.165) is 19.3 Å². The van der Waals surface area contributed by atoms with Gasteiger partial charge in [-0.3, -0.25) is 14.9 Å². The van der Waals surface area contributed by atoms with E-state index < -0.39 is 10.9 Å². The fourth-order valence-electron chi connectivity index (χ4n) is 3.82. The number of carbonyl (C=O) groups is 1. The second kappa shape index (κ2) is 4.98. The van der Waals surface area contributed by atoms with Gasteiger partial charge in [0.1, 0.15) is 12.0 Å². The summed E-state index contributed by atoms with van der Waals surface area (Å²) in [5.41, 5.74) is 0.608. The van der Waals surface area contributed by atoms with E-state index in [1.807, 2.05) is 0 Å². The molecule has 0 amide bonds. The first-order valence-corrected chi connectivity index (χ1v) is 7.07. The van der Waals surface area contributed by atoms with Crippen LogP contribution < -0.4 is 5.32 Å². The molecule has 0 radical (unpaired) electrons. The minimum absolute atomic E-state index is 0.0548. The number of aliphatic carboxylic acids is 1. The summed E-state index contributed by atoms with van der Waals surface area (Å²) in [6, 6.07) is 1.33. The Kier molecular flexibility index (Phi) is 3.27. The SMILES string of the molecule is Cc1cc([N+](=O)[O-])cnc1NC1C2CCC(C2)C1C(=O)O. The molecule has 3 rings (SSSR count). The molecule has 2 N–H and O–H groups in total. The Labute approximate surface area is 121 Å². The van der Waals surface area contributed by atoms with Crippen LogP contribution in [-0.4, -0.2) is 27.0 Å². The minimum atomic E-state index is -0.765. The van der Waals surface area contributed by atoms with E-state index in [2.05, 4.69) is 10.3 Å². The third-order valence-electron chi connectivity index (χ3n) is 4.78. The molecule has 1 heterocycles. The number of anilines is 1. The van der Waals surface area contributed by atoms with Gasteiger partial charge in [0.2, 0.25) is 0 Å². The molecule has 7 heteroatoms. The number of nitrogens with zero attached hydrogens (tertiary/aromatic N) is 2. The number of pyridine rings is 1. The van der Waals surface area contributed by atoms with Crippen LogP contribution in [0.2, 0.25) is 0 Å². The van der Waals surface area contributed by atoms with Crippen LogP contribution in [-0.2, 0) is 4.79 Å². The predicted molar refractivity (Wildman–Crippen MR) is 75.0 cm³/mol. The smallest absolute Gasteiger partial charge is 0.308 e. The maximum Gasteiger partial charge on any atom is 0.308 e. The number of aromatic nitrogens is 1. The number of nitrogens with one attached hydrogen (secondary N) is 1. The topological polar surface area (TPSA) is 105 Å². The van der Waals surface area contributed by atoms with Crippen molar-refractivity contribution in [1.82, 2.24) is 4.98 Å². The number of aryl methyl sites for hydroxylation is 1. The summed E-state index contributed by atoms with van der Waals surface area (Å²) in [7, 11) is 0. The predicted octanol–water partition coefficient (Wildman–Crippen LogP) is 2.21. The van der Waals surface area contributed by atoms with Gasteiger partial charge in [-0.15, -0.1) is 0 Å². The van der Waals surface area contributed by atoms with E-state index in [1.54, 1.807) is 6.92 Å². The number of fused-ring (bicyclic) bond motifs is 2. The molecule has 2 bridgehead atoms. The average molecular weight is 291 g/mol. The summed E-state index contributed by atoms with van der Waals surface area (Å²) in [6.45, 7) is 1.74. The Hall–Kier alpha value is -2.18. The van der Waals surface area contributed by atoms with Crippen molar-refractivity contribution >= 4 is 17.5 Å². The highest BCUT2D eigenvalue weighted by molar-refractivity contribution is 5.73. The highest BCUT2D eigenvalue weighted by atomic mass is 16.6. The van der Waals surface area contributed by atoms with E-state index in [-0.39, 0.29) is 23.6 Å². The van der Waals surface area contributed by atoms with Crippen molar-refractivity contribution in [3.05, 3.63) is 27.9 Å². The van der Waals surface area contributed by atoms with Gasteiger partial charge in [0.25, 0.3) is 5.69 Å². The molecule has 1 aromatic heterocycles. The molecule has 4 atom stereocenters. The van der Waals surface area contributed by atoms with Crippen molar-refractivity contribution < 1.29 is 14.8 Å². The van der Waals surface area contributed by atoms with E-state index in [0.29, 0.717) is 17.3 Å². The Balaban J connectivity index is 1.83. The first-order chi connectivity index (χ1) is 9.97. The lowest BCUT2D eigenvalue weighted by molar-refractivity contribution is -0.385. The third-order valence-corrected chi connectivity index (χ3v) is 4.78. The summed E-state index contributed by atoms with van der Waals surface area (Å²) in [5, 5.41) is 23.4. The maximum absolute atomic E-state index is 11.5. The van der Waals surface area contributed by atoms with Crippen molar-refractivity contribution in [3.8, 4) is 0 Å². The number of hydrogen-bond acceptors (Lipinski definition) is 5. The lowest BCUT2D eigenvalue weighted by Gasteiger charge is -2.29. The lowest BCUT2D eigenvalue weighted by atomic mass is 9.84. The number of hydrogen-bond donors (Lipinski definition) is 2. The van der Waals surface area contributed by atoms with Gasteiger partial charge in [0.05, 0.1) is 10.8 Å². The molecule has 2 aliphatic carbocycles. The molecular weight excluding hydrogens is 274 g/mol. The molecule has 21 heavy (non-hydrogen) atoms. The lowest BCUT2D eigenvalue weighted by Crippen LogP contribution is -2.39. The van der Waals surface area contributed by atoms with Crippen molar-refractivity contribution in [1.29, 1.82) is 0 Å². The molecular formula is C14H17N3O4. The molecule has 2 aliphatic rings. The van der Waals surface area contributed by atoms with Crippen molar-refractivity contribution in [2.75, 3.05) is 5.32 Å². The van der Waals surface area contributed by atoms with Crippen LogP contribution in [0.25, 0.3) is 0 Å². The summed E-state index contributed by atoms with van der Waals surface area (Å²) < 4.78 is 0. The Bertz CT molecular complexity index is 604. The van der Waals surface area contributed by atoms with Gasteiger partial charge in [0.15, 0.2) is 0 Å². The molecule has 112 valence electrons. The molecule has 4 unspecified atom stereocenters. The molecule has 1 aromatic rings. The van der Waals surface area contributed by atoms with Crippen LogP contribution in [0, 0.1) is 34.8 Å². The van der Waals surface area contributed by atoms with Gasteiger partial charge >= 0.3 is 5.97 Å². The van der Waals surface area contributed by atoms with E-state index in [1.165, 1.54) is 12.3 Å². The van der Waals surface area contributed by atoms with Gasteiger partial charge < -0.3 is 10.4 Å². The van der Waals surface area contributed by atoms with Gasteiger partial charge in [-0.2, -0.15) is 0 Å². The first kappa shape index (κ1) is 13.8. The number of nitro groups is 1. The average Bonchev–Trinajstić information content (AvgIpc) is 3.01. The zero-order chi connectivity index (χ0) is 15.1. The molecule has 0 aliphatic heterocycles. The summed E-state index contributed by atoms with van der Waals surface area (Å²) in [6.07, 6.45) is 4.17. The van der Waals surface area contributed by atoms with E-state index in [4.69, 9.17) is 0 Å². The largest absolute Gasteiger partial charge is 0.481 e. The molecule has 0 saturated heterocycles. The van der Waals surface area contributed by atoms with E-state index >= 15 is 0 Å². The normalized spacial score (nSPS) is 30.3. The van der Waals surface area contributed by atoms with Crippen molar-refractivity contribution in [2.24, 2.45) is 17.8 Å². The molecule has 7 nitrogen and oxygen atoms in total. The number of carboxylic acids is 1. The van der Waals surface area contributed by atoms with Crippen LogP contribution in [0.3, 0.4) is 0 Å². The Morgan fingerprint density at radius 1 is 1.48 bits per heavy atom. The number of carboxylic acid groups (broad SMARTS) is 1. The van der Waals surface area contributed by atoms with Crippen LogP contribution in [0.1, 0.15) is 24.8 Å². The van der Waals surface area contributed by atoms with Crippen molar-refractivity contribution in [3.63, 3.8) is 0 Å². The molecule has 2 fully saturated rings. The first-order valence-electron chi connectivity index (χ1n) is 7.07. The number of rotatable bonds is 4. The minimum Gasteiger partial charge on any atom is -0.481 e. The zero-order valence-electron chi connectivity index (χ0n) is 11.7. The Morgan fingerprint density at radius 3 is 2.81 bits per heavy atom. The van der Waals surface area contributed by atoms with Crippen LogP contribution in [0.5, 0.6) is 0 Å².